The van der Waals surface area contributed by atoms with Crippen LogP contribution in [0.2, 0.25) is 0 Å². The normalized spacial score (nSPS) is 32.4. The van der Waals surface area contributed by atoms with Crippen molar-refractivity contribution in [1.29, 1.82) is 0 Å². The lowest BCUT2D eigenvalue weighted by molar-refractivity contribution is 0.697. The van der Waals surface area contributed by atoms with Crippen LogP contribution in [0.4, 0.5) is 0 Å². The fourth-order valence-corrected chi connectivity index (χ4v) is 2.56. The van der Waals surface area contributed by atoms with Gasteiger partial charge in [0.25, 0.3) is 0 Å². The standard InChI is InChI=1S/C10H10N/c1-2-9-7-3-4-8(6-7)10(9)11-5-1/h2,5,7-8H,3-4,6H2. The van der Waals surface area contributed by atoms with Crippen LogP contribution in [0.15, 0.2) is 12.3 Å². The zero-order valence-corrected chi connectivity index (χ0v) is 6.38. The smallest absolute Gasteiger partial charge is 0.0469 e. The molecule has 0 N–H and O–H groups in total. The van der Waals surface area contributed by atoms with E-state index in [-0.39, 0.29) is 0 Å². The van der Waals surface area contributed by atoms with E-state index in [4.69, 9.17) is 0 Å². The van der Waals surface area contributed by atoms with Crippen molar-refractivity contribution >= 4 is 0 Å². The summed E-state index contributed by atoms with van der Waals surface area (Å²) < 4.78 is 0. The van der Waals surface area contributed by atoms with Crippen molar-refractivity contribution in [3.05, 3.63) is 29.6 Å². The molecule has 1 heteroatoms. The van der Waals surface area contributed by atoms with Gasteiger partial charge in [-0.2, -0.15) is 0 Å². The van der Waals surface area contributed by atoms with E-state index in [9.17, 15) is 0 Å². The molecule has 1 aromatic rings. The summed E-state index contributed by atoms with van der Waals surface area (Å²) >= 11 is 0. The van der Waals surface area contributed by atoms with Gasteiger partial charge >= 0.3 is 0 Å². The van der Waals surface area contributed by atoms with Crippen molar-refractivity contribution in [2.45, 2.75) is 31.1 Å². The van der Waals surface area contributed by atoms with Crippen LogP contribution in [0.3, 0.4) is 0 Å². The zero-order chi connectivity index (χ0) is 7.26. The minimum absolute atomic E-state index is 0.796. The lowest BCUT2D eigenvalue weighted by Gasteiger charge is -2.11. The van der Waals surface area contributed by atoms with Gasteiger partial charge in [-0.25, -0.2) is 0 Å². The molecule has 2 atom stereocenters. The summed E-state index contributed by atoms with van der Waals surface area (Å²) in [5.41, 5.74) is 2.86. The van der Waals surface area contributed by atoms with Crippen molar-refractivity contribution in [3.8, 4) is 0 Å². The first-order valence-electron chi connectivity index (χ1n) is 4.31. The molecule has 2 unspecified atom stereocenters. The molecule has 0 aliphatic heterocycles. The Morgan fingerprint density at radius 3 is 3.18 bits per heavy atom. The molecule has 1 saturated carbocycles. The highest BCUT2D eigenvalue weighted by Crippen LogP contribution is 2.51. The minimum atomic E-state index is 0.796. The molecule has 0 amide bonds. The summed E-state index contributed by atoms with van der Waals surface area (Å²) in [5, 5.41) is 0. The molecular weight excluding hydrogens is 134 g/mol. The van der Waals surface area contributed by atoms with Crippen LogP contribution in [0.1, 0.15) is 42.4 Å². The van der Waals surface area contributed by atoms with Gasteiger partial charge in [0.05, 0.1) is 0 Å². The first-order chi connectivity index (χ1) is 5.45. The lowest BCUT2D eigenvalue weighted by atomic mass is 9.96. The van der Waals surface area contributed by atoms with E-state index < -0.39 is 0 Å². The monoisotopic (exact) mass is 144 g/mol. The van der Waals surface area contributed by atoms with Gasteiger partial charge in [0.2, 0.25) is 0 Å². The molecule has 1 heterocycles. The van der Waals surface area contributed by atoms with Crippen LogP contribution >= 0.6 is 0 Å². The first-order valence-corrected chi connectivity index (χ1v) is 4.31. The van der Waals surface area contributed by atoms with Gasteiger partial charge in [-0.05, 0) is 36.8 Å². The number of hydrogen-bond donors (Lipinski definition) is 0. The number of pyridine rings is 1. The molecule has 0 aromatic carbocycles. The predicted molar refractivity (Wildman–Crippen MR) is 42.4 cm³/mol. The summed E-state index contributed by atoms with van der Waals surface area (Å²) in [6.07, 6.45) is 5.92. The molecule has 0 saturated heterocycles. The largest absolute Gasteiger partial charge is 0.260 e. The van der Waals surface area contributed by atoms with Crippen molar-refractivity contribution in [2.24, 2.45) is 0 Å². The fraction of sp³-hybridized carbons (Fsp3) is 0.500. The second-order valence-electron chi connectivity index (χ2n) is 3.62. The Morgan fingerprint density at radius 1 is 1.36 bits per heavy atom. The summed E-state index contributed by atoms with van der Waals surface area (Å²) in [7, 11) is 0. The minimum Gasteiger partial charge on any atom is -0.260 e. The number of aromatic nitrogens is 1. The van der Waals surface area contributed by atoms with Crippen LogP contribution in [0, 0.1) is 6.07 Å². The molecule has 1 aromatic heterocycles. The second kappa shape index (κ2) is 1.84. The molecule has 1 fully saturated rings. The highest BCUT2D eigenvalue weighted by atomic mass is 14.7. The Balaban J connectivity index is 2.23. The fourth-order valence-electron chi connectivity index (χ4n) is 2.56. The third-order valence-corrected chi connectivity index (χ3v) is 3.07. The number of rotatable bonds is 0. The predicted octanol–water partition coefficient (Wildman–Crippen LogP) is 2.25. The number of hydrogen-bond acceptors (Lipinski definition) is 1. The van der Waals surface area contributed by atoms with E-state index >= 15 is 0 Å². The van der Waals surface area contributed by atoms with E-state index in [1.807, 2.05) is 0 Å². The first kappa shape index (κ1) is 5.76. The van der Waals surface area contributed by atoms with Crippen molar-refractivity contribution in [2.75, 3.05) is 0 Å². The van der Waals surface area contributed by atoms with Crippen LogP contribution in [-0.2, 0) is 0 Å². The van der Waals surface area contributed by atoms with E-state index in [1.54, 1.807) is 6.20 Å². The van der Waals surface area contributed by atoms with E-state index in [0.717, 1.165) is 11.8 Å². The number of nitrogens with zero attached hydrogens (tertiary/aromatic N) is 1. The topological polar surface area (TPSA) is 12.9 Å². The molecule has 3 rings (SSSR count). The molecule has 0 spiro atoms. The van der Waals surface area contributed by atoms with Crippen molar-refractivity contribution < 1.29 is 0 Å². The van der Waals surface area contributed by atoms with Gasteiger partial charge in [0, 0.05) is 23.9 Å². The average molecular weight is 144 g/mol. The molecule has 55 valence electrons. The Labute approximate surface area is 66.5 Å². The summed E-state index contributed by atoms with van der Waals surface area (Å²) in [4.78, 5) is 4.39. The molecule has 2 bridgehead atoms. The van der Waals surface area contributed by atoms with E-state index in [2.05, 4.69) is 17.1 Å². The van der Waals surface area contributed by atoms with E-state index in [0.29, 0.717) is 0 Å². The van der Waals surface area contributed by atoms with Gasteiger partial charge in [0.15, 0.2) is 0 Å². The Morgan fingerprint density at radius 2 is 2.27 bits per heavy atom. The van der Waals surface area contributed by atoms with Gasteiger partial charge in [-0.15, -0.1) is 0 Å². The third kappa shape index (κ3) is 0.635. The van der Waals surface area contributed by atoms with Crippen LogP contribution in [0.5, 0.6) is 0 Å². The quantitative estimate of drug-likeness (QED) is 0.544. The van der Waals surface area contributed by atoms with Crippen LogP contribution in [0.25, 0.3) is 0 Å². The summed E-state index contributed by atoms with van der Waals surface area (Å²) in [6, 6.07) is 5.20. The molecule has 1 nitrogen and oxygen atoms in total. The van der Waals surface area contributed by atoms with Gasteiger partial charge in [-0.3, -0.25) is 4.98 Å². The molecular formula is C10H10N. The second-order valence-corrected chi connectivity index (χ2v) is 3.62. The SMILES string of the molecule is [c]1cnc2c(c1)C1CCC2C1. The maximum Gasteiger partial charge on any atom is 0.0469 e. The summed E-state index contributed by atoms with van der Waals surface area (Å²) in [6.45, 7) is 0. The van der Waals surface area contributed by atoms with Crippen LogP contribution < -0.4 is 0 Å². The third-order valence-electron chi connectivity index (χ3n) is 3.07. The maximum atomic E-state index is 4.39. The average Bonchev–Trinajstić information content (AvgIpc) is 2.64. The zero-order valence-electron chi connectivity index (χ0n) is 6.38. The maximum absolute atomic E-state index is 4.39. The lowest BCUT2D eigenvalue weighted by Crippen LogP contribution is -1.99. The highest BCUT2D eigenvalue weighted by molar-refractivity contribution is 5.35. The van der Waals surface area contributed by atoms with Crippen molar-refractivity contribution in [3.63, 3.8) is 0 Å². The van der Waals surface area contributed by atoms with Gasteiger partial charge in [-0.1, -0.05) is 0 Å². The Hall–Kier alpha value is -0.850. The Kier molecular flexibility index (Phi) is 0.965. The van der Waals surface area contributed by atoms with E-state index in [1.165, 1.54) is 30.5 Å². The molecule has 1 radical (unpaired) electrons. The molecule has 2 aliphatic carbocycles. The summed E-state index contributed by atoms with van der Waals surface area (Å²) in [5.74, 6) is 1.63. The van der Waals surface area contributed by atoms with Gasteiger partial charge in [0.1, 0.15) is 0 Å². The number of fused-ring (bicyclic) bond motifs is 5. The van der Waals surface area contributed by atoms with Crippen molar-refractivity contribution in [1.82, 2.24) is 4.98 Å². The molecule has 11 heavy (non-hydrogen) atoms. The highest BCUT2D eigenvalue weighted by Gasteiger charge is 2.37. The molecule has 2 aliphatic rings. The Bertz CT molecular complexity index is 264. The van der Waals surface area contributed by atoms with Gasteiger partial charge < -0.3 is 0 Å². The van der Waals surface area contributed by atoms with Crippen LogP contribution in [-0.4, -0.2) is 4.98 Å².